The maximum Gasteiger partial charge on any atom is 0.0355 e. The van der Waals surface area contributed by atoms with Gasteiger partial charge in [0.2, 0.25) is 0 Å². The van der Waals surface area contributed by atoms with Crippen molar-refractivity contribution in [2.45, 2.75) is 52.4 Å². The summed E-state index contributed by atoms with van der Waals surface area (Å²) in [6.45, 7) is 4.53. The first-order chi connectivity index (χ1) is 17.7. The molecule has 0 radical (unpaired) electrons. The van der Waals surface area contributed by atoms with E-state index in [1.54, 1.807) is 0 Å². The van der Waals surface area contributed by atoms with Crippen molar-refractivity contribution < 1.29 is 0 Å². The molecule has 2 aromatic heterocycles. The summed E-state index contributed by atoms with van der Waals surface area (Å²) in [6.07, 6.45) is 11.9. The van der Waals surface area contributed by atoms with E-state index >= 15 is 0 Å². The minimum absolute atomic E-state index is 1.17. The van der Waals surface area contributed by atoms with Crippen LogP contribution in [0.25, 0.3) is 53.9 Å². The fraction of sp³-hybridized carbons (Fsp3) is 0.235. The standard InChI is InChI=1S/C34H32S2/c1-3-5-7-23-9-11-25-13-17-33-31(29(25)19-23)21-27(35-33)15-16-28-22-32-30-20-24(8-6-4-2)10-12-26(30)14-18-34(32)36-28/h9-22H,3-8H2,1-2H3/b16-15+. The summed E-state index contributed by atoms with van der Waals surface area (Å²) >= 11 is 3.78. The molecule has 0 atom stereocenters. The smallest absolute Gasteiger partial charge is 0.0355 e. The lowest BCUT2D eigenvalue weighted by molar-refractivity contribution is 0.796. The zero-order valence-electron chi connectivity index (χ0n) is 21.1. The Morgan fingerprint density at radius 1 is 0.528 bits per heavy atom. The molecule has 0 bridgehead atoms. The molecule has 0 nitrogen and oxygen atoms in total. The van der Waals surface area contributed by atoms with Crippen molar-refractivity contribution >= 4 is 76.5 Å². The van der Waals surface area contributed by atoms with E-state index in [1.807, 2.05) is 22.7 Å². The zero-order chi connectivity index (χ0) is 24.5. The predicted octanol–water partition coefficient (Wildman–Crippen LogP) is 11.3. The number of hydrogen-bond donors (Lipinski definition) is 0. The number of unbranched alkanes of at least 4 members (excludes halogenated alkanes) is 2. The largest absolute Gasteiger partial charge is 0.136 e. The van der Waals surface area contributed by atoms with Crippen molar-refractivity contribution in [2.24, 2.45) is 0 Å². The molecule has 0 unspecified atom stereocenters. The molecule has 0 fully saturated rings. The molecule has 0 saturated carbocycles. The number of benzene rings is 4. The van der Waals surface area contributed by atoms with Crippen LogP contribution in [0.2, 0.25) is 0 Å². The van der Waals surface area contributed by atoms with E-state index in [4.69, 9.17) is 0 Å². The van der Waals surface area contributed by atoms with Gasteiger partial charge >= 0.3 is 0 Å². The molecule has 0 amide bonds. The van der Waals surface area contributed by atoms with Crippen LogP contribution in [0, 0.1) is 0 Å². The Balaban J connectivity index is 1.34. The van der Waals surface area contributed by atoms with Gasteiger partial charge in [-0.25, -0.2) is 0 Å². The van der Waals surface area contributed by atoms with E-state index in [-0.39, 0.29) is 0 Å². The molecule has 36 heavy (non-hydrogen) atoms. The monoisotopic (exact) mass is 504 g/mol. The Hall–Kier alpha value is -2.94. The maximum atomic E-state index is 2.42. The number of fused-ring (bicyclic) bond motifs is 6. The number of thiophene rings is 2. The highest BCUT2D eigenvalue weighted by Crippen LogP contribution is 2.36. The summed E-state index contributed by atoms with van der Waals surface area (Å²) in [4.78, 5) is 2.64. The van der Waals surface area contributed by atoms with Crippen LogP contribution in [-0.2, 0) is 12.8 Å². The molecule has 0 spiro atoms. The highest BCUT2D eigenvalue weighted by Gasteiger charge is 2.08. The Morgan fingerprint density at radius 2 is 0.972 bits per heavy atom. The summed E-state index contributed by atoms with van der Waals surface area (Å²) in [5, 5.41) is 8.24. The van der Waals surface area contributed by atoms with Gasteiger partial charge < -0.3 is 0 Å². The van der Waals surface area contributed by atoms with Crippen molar-refractivity contribution in [1.82, 2.24) is 0 Å². The van der Waals surface area contributed by atoms with Crippen LogP contribution in [0.3, 0.4) is 0 Å². The molecule has 0 saturated heterocycles. The van der Waals surface area contributed by atoms with Gasteiger partial charge in [-0.05, 0) is 94.8 Å². The molecule has 0 aliphatic heterocycles. The van der Waals surface area contributed by atoms with Crippen LogP contribution in [-0.4, -0.2) is 0 Å². The first-order valence-electron chi connectivity index (χ1n) is 13.3. The molecular formula is C34H32S2. The van der Waals surface area contributed by atoms with Gasteiger partial charge in [0.05, 0.1) is 0 Å². The van der Waals surface area contributed by atoms with Gasteiger partial charge in [-0.15, -0.1) is 22.7 Å². The highest BCUT2D eigenvalue weighted by atomic mass is 32.1. The molecule has 0 N–H and O–H groups in total. The Morgan fingerprint density at radius 3 is 1.42 bits per heavy atom. The molecule has 2 heterocycles. The lowest BCUT2D eigenvalue weighted by Crippen LogP contribution is -1.84. The summed E-state index contributed by atoms with van der Waals surface area (Å²) in [5.74, 6) is 0. The molecule has 4 aromatic carbocycles. The van der Waals surface area contributed by atoms with Crippen LogP contribution in [0.15, 0.2) is 72.8 Å². The van der Waals surface area contributed by atoms with E-state index in [0.717, 1.165) is 0 Å². The third-order valence-corrected chi connectivity index (χ3v) is 9.38. The van der Waals surface area contributed by atoms with Crippen molar-refractivity contribution in [3.05, 3.63) is 93.7 Å². The van der Waals surface area contributed by atoms with Crippen LogP contribution in [0.1, 0.15) is 60.4 Å². The SMILES string of the molecule is CCCCc1ccc2ccc3sc(/C=C/c4cc5c(ccc6ccc(CCCC)cc65)s4)cc3c2c1. The van der Waals surface area contributed by atoms with Gasteiger partial charge in [-0.3, -0.25) is 0 Å². The van der Waals surface area contributed by atoms with E-state index in [9.17, 15) is 0 Å². The zero-order valence-corrected chi connectivity index (χ0v) is 22.8. The second kappa shape index (κ2) is 10.2. The highest BCUT2D eigenvalue weighted by molar-refractivity contribution is 7.20. The average Bonchev–Trinajstić information content (AvgIpc) is 3.53. The van der Waals surface area contributed by atoms with Gasteiger partial charge in [0.1, 0.15) is 0 Å². The van der Waals surface area contributed by atoms with E-state index in [0.29, 0.717) is 0 Å². The number of aryl methyl sites for hydroxylation is 2. The summed E-state index contributed by atoms with van der Waals surface area (Å²) in [6, 6.07) is 27.9. The summed E-state index contributed by atoms with van der Waals surface area (Å²) < 4.78 is 2.74. The summed E-state index contributed by atoms with van der Waals surface area (Å²) in [5.41, 5.74) is 2.91. The first kappa shape index (κ1) is 23.5. The quantitative estimate of drug-likeness (QED) is 0.193. The molecule has 6 aromatic rings. The fourth-order valence-corrected chi connectivity index (χ4v) is 7.18. The normalized spacial score (nSPS) is 12.2. The molecule has 0 aliphatic carbocycles. The molecule has 2 heteroatoms. The molecule has 180 valence electrons. The topological polar surface area (TPSA) is 0 Å². The van der Waals surface area contributed by atoms with Gasteiger partial charge in [-0.1, -0.05) is 75.2 Å². The van der Waals surface area contributed by atoms with Crippen molar-refractivity contribution in [2.75, 3.05) is 0 Å². The van der Waals surface area contributed by atoms with E-state index in [2.05, 4.69) is 98.8 Å². The van der Waals surface area contributed by atoms with Gasteiger partial charge in [0.15, 0.2) is 0 Å². The lowest BCUT2D eigenvalue weighted by Gasteiger charge is -2.04. The van der Waals surface area contributed by atoms with Crippen LogP contribution in [0.5, 0.6) is 0 Å². The maximum absolute atomic E-state index is 2.42. The second-order valence-electron chi connectivity index (χ2n) is 9.90. The first-order valence-corrected chi connectivity index (χ1v) is 14.9. The molecule has 6 rings (SSSR count). The van der Waals surface area contributed by atoms with Crippen LogP contribution < -0.4 is 0 Å². The van der Waals surface area contributed by atoms with Crippen LogP contribution >= 0.6 is 22.7 Å². The van der Waals surface area contributed by atoms with Crippen molar-refractivity contribution in [1.29, 1.82) is 0 Å². The average molecular weight is 505 g/mol. The van der Waals surface area contributed by atoms with E-state index in [1.165, 1.54) is 101 Å². The lowest BCUT2D eigenvalue weighted by atomic mass is 10.0. The minimum atomic E-state index is 1.17. The third kappa shape index (κ3) is 4.61. The van der Waals surface area contributed by atoms with Gasteiger partial charge in [0.25, 0.3) is 0 Å². The Bertz CT molecular complexity index is 1580. The Labute approximate surface area is 221 Å². The fourth-order valence-electron chi connectivity index (χ4n) is 5.21. The van der Waals surface area contributed by atoms with E-state index < -0.39 is 0 Å². The second-order valence-corrected chi connectivity index (χ2v) is 12.1. The van der Waals surface area contributed by atoms with Crippen molar-refractivity contribution in [3.8, 4) is 0 Å². The van der Waals surface area contributed by atoms with Gasteiger partial charge in [-0.2, -0.15) is 0 Å². The van der Waals surface area contributed by atoms with Gasteiger partial charge in [0, 0.05) is 29.9 Å². The minimum Gasteiger partial charge on any atom is -0.136 e. The number of rotatable bonds is 8. The third-order valence-electron chi connectivity index (χ3n) is 7.25. The predicted molar refractivity (Wildman–Crippen MR) is 165 cm³/mol. The molecular weight excluding hydrogens is 473 g/mol. The summed E-state index contributed by atoms with van der Waals surface area (Å²) in [7, 11) is 0. The van der Waals surface area contributed by atoms with Crippen molar-refractivity contribution in [3.63, 3.8) is 0 Å². The molecule has 0 aliphatic rings. The number of hydrogen-bond acceptors (Lipinski definition) is 2. The Kier molecular flexibility index (Phi) is 6.65. The van der Waals surface area contributed by atoms with Crippen LogP contribution in [0.4, 0.5) is 0 Å².